The molecule has 0 radical (unpaired) electrons. The van der Waals surface area contributed by atoms with E-state index < -0.39 is 0 Å². The van der Waals surface area contributed by atoms with E-state index in [0.717, 1.165) is 10.9 Å². The highest BCUT2D eigenvalue weighted by atomic mass is 79.9. The van der Waals surface area contributed by atoms with Crippen molar-refractivity contribution in [1.29, 1.82) is 0 Å². The molecule has 0 saturated carbocycles. The Morgan fingerprint density at radius 2 is 1.57 bits per heavy atom. The lowest BCUT2D eigenvalue weighted by molar-refractivity contribution is 0.394. The number of benzene rings is 2. The molecule has 0 heterocycles. The van der Waals surface area contributed by atoms with Gasteiger partial charge in [-0.2, -0.15) is 0 Å². The second-order valence-corrected chi connectivity index (χ2v) is 6.95. The van der Waals surface area contributed by atoms with Crippen LogP contribution in [0.5, 0.6) is 0 Å². The molecule has 0 aromatic heterocycles. The van der Waals surface area contributed by atoms with Gasteiger partial charge in [0, 0.05) is 16.6 Å². The van der Waals surface area contributed by atoms with Gasteiger partial charge in [-0.15, -0.1) is 0 Å². The zero-order valence-corrected chi connectivity index (χ0v) is 14.6. The first kappa shape index (κ1) is 16.3. The molecule has 2 aromatic rings. The van der Waals surface area contributed by atoms with Crippen molar-refractivity contribution in [2.24, 2.45) is 5.92 Å². The normalized spacial score (nSPS) is 14.1. The van der Waals surface area contributed by atoms with E-state index in [1.165, 1.54) is 11.1 Å². The Morgan fingerprint density at radius 3 is 2.19 bits per heavy atom. The Morgan fingerprint density at radius 1 is 0.905 bits per heavy atom. The van der Waals surface area contributed by atoms with E-state index in [1.54, 1.807) is 0 Å². The van der Waals surface area contributed by atoms with Gasteiger partial charge in [0.15, 0.2) is 0 Å². The summed E-state index contributed by atoms with van der Waals surface area (Å²) in [4.78, 5) is 0. The third kappa shape index (κ3) is 4.98. The fourth-order valence-corrected chi connectivity index (χ4v) is 3.05. The number of hydrogen-bond acceptors (Lipinski definition) is 1. The zero-order chi connectivity index (χ0) is 15.2. The van der Waals surface area contributed by atoms with E-state index in [-0.39, 0.29) is 0 Å². The summed E-state index contributed by atoms with van der Waals surface area (Å²) < 4.78 is 1.13. The number of halogens is 1. The van der Waals surface area contributed by atoms with Crippen molar-refractivity contribution in [3.05, 3.63) is 70.2 Å². The summed E-state index contributed by atoms with van der Waals surface area (Å²) in [6.45, 7) is 6.79. The van der Waals surface area contributed by atoms with E-state index >= 15 is 0 Å². The molecular formula is C19H24BrN. The van der Waals surface area contributed by atoms with Gasteiger partial charge in [-0.3, -0.25) is 0 Å². The summed E-state index contributed by atoms with van der Waals surface area (Å²) in [6.07, 6.45) is 1.14. The maximum absolute atomic E-state index is 3.79. The predicted molar refractivity (Wildman–Crippen MR) is 94.3 cm³/mol. The summed E-state index contributed by atoms with van der Waals surface area (Å²) in [5.41, 5.74) is 2.68. The molecule has 2 aromatic carbocycles. The topological polar surface area (TPSA) is 12.0 Å². The highest BCUT2D eigenvalue weighted by Crippen LogP contribution is 2.26. The third-order valence-electron chi connectivity index (χ3n) is 3.71. The number of rotatable bonds is 6. The molecule has 1 N–H and O–H groups in total. The monoisotopic (exact) mass is 345 g/mol. The second kappa shape index (κ2) is 7.77. The van der Waals surface area contributed by atoms with Gasteiger partial charge in [0.2, 0.25) is 0 Å². The van der Waals surface area contributed by atoms with Gasteiger partial charge in [0.1, 0.15) is 0 Å². The van der Waals surface area contributed by atoms with Crippen molar-refractivity contribution in [2.45, 2.75) is 39.3 Å². The molecule has 0 fully saturated rings. The second-order valence-electron chi connectivity index (χ2n) is 6.04. The van der Waals surface area contributed by atoms with Gasteiger partial charge in [-0.05, 0) is 42.5 Å². The molecule has 2 heteroatoms. The Labute approximate surface area is 136 Å². The van der Waals surface area contributed by atoms with Crippen LogP contribution < -0.4 is 5.32 Å². The van der Waals surface area contributed by atoms with Crippen LogP contribution in [-0.2, 0) is 0 Å². The largest absolute Gasteiger partial charge is 0.303 e. The van der Waals surface area contributed by atoms with Gasteiger partial charge in [0.25, 0.3) is 0 Å². The molecule has 0 saturated heterocycles. The van der Waals surface area contributed by atoms with Gasteiger partial charge in [-0.25, -0.2) is 0 Å². The van der Waals surface area contributed by atoms with Crippen molar-refractivity contribution in [3.63, 3.8) is 0 Å². The molecule has 1 nitrogen and oxygen atoms in total. The highest BCUT2D eigenvalue weighted by Gasteiger charge is 2.16. The minimum absolute atomic E-state index is 0.325. The van der Waals surface area contributed by atoms with Crippen molar-refractivity contribution in [2.75, 3.05) is 0 Å². The minimum atomic E-state index is 0.325. The van der Waals surface area contributed by atoms with Crippen LogP contribution in [0.25, 0.3) is 0 Å². The van der Waals surface area contributed by atoms with E-state index in [9.17, 15) is 0 Å². The minimum Gasteiger partial charge on any atom is -0.303 e. The first-order valence-electron chi connectivity index (χ1n) is 7.62. The number of hydrogen-bond donors (Lipinski definition) is 1. The highest BCUT2D eigenvalue weighted by molar-refractivity contribution is 9.10. The molecule has 112 valence electrons. The molecule has 21 heavy (non-hydrogen) atoms. The van der Waals surface area contributed by atoms with Crippen LogP contribution in [-0.4, -0.2) is 0 Å². The lowest BCUT2D eigenvalue weighted by Crippen LogP contribution is -2.26. The zero-order valence-electron chi connectivity index (χ0n) is 13.0. The maximum atomic E-state index is 3.79. The molecular weight excluding hydrogens is 322 g/mol. The van der Waals surface area contributed by atoms with Gasteiger partial charge in [0.05, 0.1) is 0 Å². The fourth-order valence-electron chi connectivity index (χ4n) is 2.63. The molecule has 2 atom stereocenters. The quantitative estimate of drug-likeness (QED) is 0.688. The van der Waals surface area contributed by atoms with Crippen LogP contribution in [0.3, 0.4) is 0 Å². The van der Waals surface area contributed by atoms with Crippen LogP contribution in [0.4, 0.5) is 0 Å². The Balaban J connectivity index is 2.15. The Kier molecular flexibility index (Phi) is 6.01. The lowest BCUT2D eigenvalue weighted by Gasteiger charge is -2.26. The predicted octanol–water partition coefficient (Wildman–Crippen LogP) is 5.89. The summed E-state index contributed by atoms with van der Waals surface area (Å²) in [6, 6.07) is 20.0. The molecule has 0 spiro atoms. The van der Waals surface area contributed by atoms with Crippen LogP contribution in [0.15, 0.2) is 59.1 Å². The van der Waals surface area contributed by atoms with E-state index in [1.807, 2.05) is 0 Å². The summed E-state index contributed by atoms with van der Waals surface area (Å²) in [5.74, 6) is 0.664. The van der Waals surface area contributed by atoms with Crippen LogP contribution in [0.1, 0.15) is 50.4 Å². The molecule has 0 aliphatic carbocycles. The smallest absolute Gasteiger partial charge is 0.0328 e. The first-order valence-corrected chi connectivity index (χ1v) is 8.42. The summed E-state index contributed by atoms with van der Waals surface area (Å²) in [7, 11) is 0. The Bertz CT molecular complexity index is 551. The van der Waals surface area contributed by atoms with E-state index in [4.69, 9.17) is 0 Å². The van der Waals surface area contributed by atoms with Gasteiger partial charge < -0.3 is 5.32 Å². The fraction of sp³-hybridized carbons (Fsp3) is 0.368. The summed E-state index contributed by atoms with van der Waals surface area (Å²) in [5, 5.41) is 3.79. The van der Waals surface area contributed by atoms with Crippen LogP contribution in [0, 0.1) is 5.92 Å². The van der Waals surface area contributed by atoms with E-state index in [0.29, 0.717) is 18.0 Å². The Hall–Kier alpha value is -1.12. The van der Waals surface area contributed by atoms with Crippen molar-refractivity contribution in [1.82, 2.24) is 5.32 Å². The van der Waals surface area contributed by atoms with Gasteiger partial charge >= 0.3 is 0 Å². The van der Waals surface area contributed by atoms with E-state index in [2.05, 4.69) is 96.6 Å². The molecule has 2 rings (SSSR count). The molecule has 0 aliphatic rings. The molecule has 0 amide bonds. The summed E-state index contributed by atoms with van der Waals surface area (Å²) >= 11 is 3.55. The van der Waals surface area contributed by atoms with Crippen LogP contribution in [0.2, 0.25) is 0 Å². The molecule has 0 bridgehead atoms. The average Bonchev–Trinajstić information content (AvgIpc) is 2.47. The number of nitrogens with one attached hydrogen (secondary N) is 1. The maximum Gasteiger partial charge on any atom is 0.0328 e. The van der Waals surface area contributed by atoms with Crippen molar-refractivity contribution < 1.29 is 0 Å². The molecule has 1 unspecified atom stereocenters. The third-order valence-corrected chi connectivity index (χ3v) is 4.20. The first-order chi connectivity index (χ1) is 10.1. The molecule has 0 aliphatic heterocycles. The average molecular weight is 346 g/mol. The SMILES string of the molecule is CC(C)CC(N[C@@H](C)c1cccc(Br)c1)c1ccccc1. The lowest BCUT2D eigenvalue weighted by atomic mass is 9.95. The van der Waals surface area contributed by atoms with Crippen molar-refractivity contribution >= 4 is 15.9 Å². The van der Waals surface area contributed by atoms with Crippen molar-refractivity contribution in [3.8, 4) is 0 Å². The standard InChI is InChI=1S/C19H24BrN/c1-14(2)12-19(16-8-5-4-6-9-16)21-15(3)17-10-7-11-18(20)13-17/h4-11,13-15,19,21H,12H2,1-3H3/t15-,19?/m0/s1. The van der Waals surface area contributed by atoms with Crippen LogP contribution >= 0.6 is 15.9 Å². The van der Waals surface area contributed by atoms with Gasteiger partial charge in [-0.1, -0.05) is 72.2 Å².